The highest BCUT2D eigenvalue weighted by Gasteiger charge is 2.36. The van der Waals surface area contributed by atoms with Crippen molar-refractivity contribution in [3.63, 3.8) is 0 Å². The average molecular weight is 456 g/mol. The molecule has 0 fully saturated rings. The van der Waals surface area contributed by atoms with E-state index in [1.54, 1.807) is 23.1 Å². The third kappa shape index (κ3) is 4.20. The number of ether oxygens (including phenoxy) is 1. The van der Waals surface area contributed by atoms with Crippen molar-refractivity contribution in [2.75, 3.05) is 23.0 Å². The third-order valence-corrected chi connectivity index (χ3v) is 6.73. The van der Waals surface area contributed by atoms with Gasteiger partial charge in [0.2, 0.25) is 11.1 Å². The number of hydrogen-bond acceptors (Lipinski definition) is 7. The van der Waals surface area contributed by atoms with E-state index >= 15 is 0 Å². The van der Waals surface area contributed by atoms with Gasteiger partial charge in [0.25, 0.3) is 5.91 Å². The fourth-order valence-corrected chi connectivity index (χ4v) is 5.14. The molecule has 2 N–H and O–H groups in total. The molecular weight excluding hydrogens is 430 g/mol. The van der Waals surface area contributed by atoms with Crippen LogP contribution in [0, 0.1) is 6.92 Å². The number of rotatable bonds is 7. The van der Waals surface area contributed by atoms with Crippen molar-refractivity contribution in [1.82, 2.24) is 14.8 Å². The van der Waals surface area contributed by atoms with Crippen LogP contribution in [-0.2, 0) is 4.79 Å². The van der Waals surface area contributed by atoms with E-state index in [0.717, 1.165) is 21.9 Å². The van der Waals surface area contributed by atoms with Crippen molar-refractivity contribution in [3.05, 3.63) is 57.4 Å². The van der Waals surface area contributed by atoms with Crippen molar-refractivity contribution >= 4 is 40.6 Å². The number of benzene rings is 1. The summed E-state index contributed by atoms with van der Waals surface area (Å²) in [5, 5.41) is 13.8. The normalized spacial score (nSPS) is 15.4. The highest BCUT2D eigenvalue weighted by Crippen LogP contribution is 2.40. The van der Waals surface area contributed by atoms with Gasteiger partial charge >= 0.3 is 0 Å². The number of thiophene rings is 1. The van der Waals surface area contributed by atoms with Crippen LogP contribution in [0.5, 0.6) is 5.75 Å². The Kier molecular flexibility index (Phi) is 6.33. The maximum Gasteiger partial charge on any atom is 0.256 e. The Labute approximate surface area is 189 Å². The molecule has 1 aromatic carbocycles. The molecule has 0 saturated heterocycles. The molecule has 0 radical (unpaired) electrons. The van der Waals surface area contributed by atoms with Crippen LogP contribution in [0.2, 0.25) is 0 Å². The van der Waals surface area contributed by atoms with Crippen LogP contribution < -0.4 is 15.4 Å². The van der Waals surface area contributed by atoms with Crippen LogP contribution in [0.3, 0.4) is 0 Å². The fourth-order valence-electron chi connectivity index (χ4n) is 3.56. The minimum absolute atomic E-state index is 0.194. The second-order valence-electron chi connectivity index (χ2n) is 7.01. The third-order valence-electron chi connectivity index (χ3n) is 4.94. The molecule has 0 saturated carbocycles. The number of para-hydroxylation sites is 2. The summed E-state index contributed by atoms with van der Waals surface area (Å²) >= 11 is 3.20. The molecule has 31 heavy (non-hydrogen) atoms. The second kappa shape index (κ2) is 9.15. The van der Waals surface area contributed by atoms with Crippen molar-refractivity contribution in [2.45, 2.75) is 38.9 Å². The smallest absolute Gasteiger partial charge is 0.256 e. The Morgan fingerprint density at radius 1 is 1.29 bits per heavy atom. The zero-order valence-electron chi connectivity index (χ0n) is 17.9. The number of nitrogens with one attached hydrogen (secondary N) is 2. The summed E-state index contributed by atoms with van der Waals surface area (Å²) in [4.78, 5) is 19.3. The first-order chi connectivity index (χ1) is 15.0. The number of allylic oxidation sites excluding steroid dienone is 1. The van der Waals surface area contributed by atoms with Gasteiger partial charge in [-0.05, 0) is 55.7 Å². The van der Waals surface area contributed by atoms with Gasteiger partial charge in [-0.2, -0.15) is 4.98 Å². The molecule has 1 aliphatic heterocycles. The Bertz CT molecular complexity index is 1130. The highest BCUT2D eigenvalue weighted by atomic mass is 32.2. The van der Waals surface area contributed by atoms with Gasteiger partial charge < -0.3 is 15.4 Å². The van der Waals surface area contributed by atoms with Crippen molar-refractivity contribution in [3.8, 4) is 5.75 Å². The van der Waals surface area contributed by atoms with Crippen LogP contribution in [0.4, 0.5) is 11.6 Å². The molecule has 0 spiro atoms. The number of nitrogens with zero attached hydrogens (tertiary/aromatic N) is 3. The molecule has 4 rings (SSSR count). The van der Waals surface area contributed by atoms with Gasteiger partial charge in [-0.1, -0.05) is 30.8 Å². The van der Waals surface area contributed by atoms with Gasteiger partial charge in [0, 0.05) is 10.6 Å². The maximum atomic E-state index is 13.6. The van der Waals surface area contributed by atoms with Crippen molar-refractivity contribution in [1.29, 1.82) is 0 Å². The van der Waals surface area contributed by atoms with Gasteiger partial charge in [-0.25, -0.2) is 4.68 Å². The standard InChI is InChI=1S/C22H25N5O2S2/c1-5-29-16-10-8-7-9-15(16)24-20(28)17-14(4)23-21-25-22(30-6-2)26-27(21)18(17)19-13(3)11-12-31-19/h7-12,18H,5-6H2,1-4H3,(H,24,28)(H,23,25,26). The summed E-state index contributed by atoms with van der Waals surface area (Å²) in [6.45, 7) is 8.47. The van der Waals surface area contributed by atoms with Crippen molar-refractivity contribution in [2.24, 2.45) is 0 Å². The lowest BCUT2D eigenvalue weighted by Gasteiger charge is -2.28. The lowest BCUT2D eigenvalue weighted by molar-refractivity contribution is -0.113. The van der Waals surface area contributed by atoms with E-state index in [9.17, 15) is 4.79 Å². The Hall–Kier alpha value is -2.78. The molecular formula is C22H25N5O2S2. The average Bonchev–Trinajstić information content (AvgIpc) is 3.34. The molecule has 9 heteroatoms. The lowest BCUT2D eigenvalue weighted by atomic mass is 9.98. The predicted octanol–water partition coefficient (Wildman–Crippen LogP) is 5.09. The molecule has 0 bridgehead atoms. The number of amides is 1. The second-order valence-corrected chi connectivity index (χ2v) is 9.19. The van der Waals surface area contributed by atoms with Gasteiger partial charge in [0.1, 0.15) is 11.8 Å². The molecule has 1 atom stereocenters. The zero-order chi connectivity index (χ0) is 22.0. The first-order valence-electron chi connectivity index (χ1n) is 10.2. The Morgan fingerprint density at radius 2 is 2.10 bits per heavy atom. The summed E-state index contributed by atoms with van der Waals surface area (Å²) in [7, 11) is 0. The Morgan fingerprint density at radius 3 is 2.81 bits per heavy atom. The number of aromatic nitrogens is 3. The van der Waals surface area contributed by atoms with Crippen molar-refractivity contribution < 1.29 is 9.53 Å². The first-order valence-corrected chi connectivity index (χ1v) is 12.0. The van der Waals surface area contributed by atoms with Crippen LogP contribution in [0.15, 0.2) is 52.1 Å². The van der Waals surface area contributed by atoms with Gasteiger partial charge in [-0.3, -0.25) is 4.79 Å². The monoisotopic (exact) mass is 455 g/mol. The van der Waals surface area contributed by atoms with Gasteiger partial charge in [-0.15, -0.1) is 16.4 Å². The number of fused-ring (bicyclic) bond motifs is 1. The van der Waals surface area contributed by atoms with Gasteiger partial charge in [0.15, 0.2) is 0 Å². The summed E-state index contributed by atoms with van der Waals surface area (Å²) in [6, 6.07) is 9.18. The van der Waals surface area contributed by atoms with E-state index in [2.05, 4.69) is 35.5 Å². The quantitative estimate of drug-likeness (QED) is 0.483. The number of carbonyl (C=O) groups excluding carboxylic acids is 1. The van der Waals surface area contributed by atoms with Crippen LogP contribution in [-0.4, -0.2) is 33.0 Å². The molecule has 7 nitrogen and oxygen atoms in total. The molecule has 1 aliphatic rings. The van der Waals surface area contributed by atoms with E-state index in [1.807, 2.05) is 48.2 Å². The maximum absolute atomic E-state index is 13.6. The fraction of sp³-hybridized carbons (Fsp3) is 0.318. The summed E-state index contributed by atoms with van der Waals surface area (Å²) in [6.07, 6.45) is 0. The van der Waals surface area contributed by atoms with E-state index in [-0.39, 0.29) is 11.9 Å². The first kappa shape index (κ1) is 21.5. The van der Waals surface area contributed by atoms with E-state index in [0.29, 0.717) is 34.7 Å². The van der Waals surface area contributed by atoms with Gasteiger partial charge in [0.05, 0.1) is 17.9 Å². The van der Waals surface area contributed by atoms with E-state index in [4.69, 9.17) is 9.84 Å². The molecule has 1 unspecified atom stereocenters. The minimum Gasteiger partial charge on any atom is -0.492 e. The van der Waals surface area contributed by atoms with E-state index < -0.39 is 0 Å². The zero-order valence-corrected chi connectivity index (χ0v) is 19.6. The molecule has 2 aromatic heterocycles. The van der Waals surface area contributed by atoms with E-state index in [1.165, 1.54) is 0 Å². The largest absolute Gasteiger partial charge is 0.492 e. The minimum atomic E-state index is -0.353. The SMILES string of the molecule is CCOc1ccccc1NC(=O)C1=C(C)Nc2nc(SCC)nn2C1c1sccc1C. The summed E-state index contributed by atoms with van der Waals surface area (Å²) in [5.74, 6) is 1.98. The number of thioether (sulfide) groups is 1. The summed E-state index contributed by atoms with van der Waals surface area (Å²) < 4.78 is 7.51. The number of carbonyl (C=O) groups is 1. The number of anilines is 2. The highest BCUT2D eigenvalue weighted by molar-refractivity contribution is 7.99. The molecule has 0 aliphatic carbocycles. The van der Waals surface area contributed by atoms with Crippen LogP contribution in [0.25, 0.3) is 0 Å². The molecule has 1 amide bonds. The van der Waals surface area contributed by atoms with Crippen LogP contribution >= 0.6 is 23.1 Å². The Balaban J connectivity index is 1.76. The molecule has 3 heterocycles. The number of hydrogen-bond donors (Lipinski definition) is 2. The molecule has 162 valence electrons. The topological polar surface area (TPSA) is 81.1 Å². The lowest BCUT2D eigenvalue weighted by Crippen LogP contribution is -2.31. The molecule has 3 aromatic rings. The number of aryl methyl sites for hydroxylation is 1. The van der Waals surface area contributed by atoms with Crippen LogP contribution in [0.1, 0.15) is 37.3 Å². The predicted molar refractivity (Wildman–Crippen MR) is 126 cm³/mol. The summed E-state index contributed by atoms with van der Waals surface area (Å²) in [5.41, 5.74) is 3.14.